The van der Waals surface area contributed by atoms with Crippen LogP contribution in [-0.4, -0.2) is 41.2 Å². The van der Waals surface area contributed by atoms with E-state index in [1.54, 1.807) is 12.1 Å². The molecule has 3 aromatic carbocycles. The van der Waals surface area contributed by atoms with Gasteiger partial charge in [-0.2, -0.15) is 0 Å². The van der Waals surface area contributed by atoms with Gasteiger partial charge in [0.1, 0.15) is 18.0 Å². The number of carboxylic acid groups (broad SMARTS) is 1. The number of hydrogen-bond donors (Lipinski definition) is 3. The van der Waals surface area contributed by atoms with Crippen molar-refractivity contribution in [3.8, 4) is 17.2 Å². The molecule has 1 amide bonds. The summed E-state index contributed by atoms with van der Waals surface area (Å²) in [6.07, 6.45) is -0.618. The van der Waals surface area contributed by atoms with Crippen LogP contribution in [0.15, 0.2) is 48.5 Å². The summed E-state index contributed by atoms with van der Waals surface area (Å²) in [6.45, 7) is -0.602. The van der Waals surface area contributed by atoms with Gasteiger partial charge in [0, 0.05) is 17.0 Å². The van der Waals surface area contributed by atoms with Gasteiger partial charge in [-0.05, 0) is 54.1 Å². The van der Waals surface area contributed by atoms with Gasteiger partial charge in [-0.1, -0.05) is 46.4 Å². The number of benzene rings is 3. The van der Waals surface area contributed by atoms with Gasteiger partial charge in [-0.3, -0.25) is 9.59 Å². The van der Waals surface area contributed by atoms with E-state index in [0.29, 0.717) is 10.6 Å². The molecule has 3 N–H and O–H groups in total. The lowest BCUT2D eigenvalue weighted by Gasteiger charge is -2.13. The predicted octanol–water partition coefficient (Wildman–Crippen LogP) is 6.38. The number of amides is 1. The fraction of sp³-hybridized carbons (Fsp3) is 0.125. The first-order valence-corrected chi connectivity index (χ1v) is 11.7. The molecule has 0 aromatic heterocycles. The Morgan fingerprint density at radius 1 is 0.861 bits per heavy atom. The van der Waals surface area contributed by atoms with Crippen molar-refractivity contribution in [3.63, 3.8) is 0 Å². The molecule has 3 rings (SSSR count). The molecule has 0 saturated heterocycles. The fourth-order valence-corrected chi connectivity index (χ4v) is 4.12. The summed E-state index contributed by atoms with van der Waals surface area (Å²) in [7, 11) is 0. The van der Waals surface area contributed by atoms with Gasteiger partial charge in [0.05, 0.1) is 27.2 Å². The summed E-state index contributed by atoms with van der Waals surface area (Å²) in [5, 5.41) is 21.6. The van der Waals surface area contributed by atoms with Crippen molar-refractivity contribution in [2.24, 2.45) is 0 Å². The molecule has 0 unspecified atom stereocenters. The van der Waals surface area contributed by atoms with E-state index in [2.05, 4.69) is 5.32 Å². The molecule has 188 valence electrons. The summed E-state index contributed by atoms with van der Waals surface area (Å²) >= 11 is 24.7. The standard InChI is InChI=1S/C24H17Cl4NO7/c25-13-1-3-15(17(26)9-13)22(33)16-10-14(2-4-20(16)30)36-23-18(27)7-12(8-19(23)28)5-6-35-24(34)29-11-21(31)32/h1-4,7-10,30H,5-6,11H2,(H,29,34)(H,31,32). The largest absolute Gasteiger partial charge is 0.507 e. The van der Waals surface area contributed by atoms with E-state index in [1.807, 2.05) is 0 Å². The van der Waals surface area contributed by atoms with Crippen LogP contribution in [-0.2, 0) is 16.0 Å². The molecule has 0 bridgehead atoms. The number of carboxylic acids is 1. The Bertz CT molecular complexity index is 1310. The second-order valence-electron chi connectivity index (χ2n) is 7.26. The second kappa shape index (κ2) is 12.2. The van der Waals surface area contributed by atoms with Crippen LogP contribution in [0.4, 0.5) is 4.79 Å². The Hall–Kier alpha value is -3.17. The maximum atomic E-state index is 12.9. The molecule has 0 aliphatic rings. The number of alkyl carbamates (subject to hydrolysis) is 1. The van der Waals surface area contributed by atoms with Gasteiger partial charge in [0.25, 0.3) is 0 Å². The second-order valence-corrected chi connectivity index (χ2v) is 8.91. The van der Waals surface area contributed by atoms with Crippen LogP contribution in [0, 0.1) is 0 Å². The van der Waals surface area contributed by atoms with Crippen molar-refractivity contribution in [3.05, 3.63) is 85.3 Å². The number of carbonyl (C=O) groups excluding carboxylic acids is 2. The highest BCUT2D eigenvalue weighted by Gasteiger charge is 2.19. The van der Waals surface area contributed by atoms with Gasteiger partial charge in [-0.25, -0.2) is 4.79 Å². The Morgan fingerprint density at radius 3 is 2.19 bits per heavy atom. The van der Waals surface area contributed by atoms with Crippen LogP contribution in [0.5, 0.6) is 17.2 Å². The minimum atomic E-state index is -1.19. The molecule has 0 fully saturated rings. The highest BCUT2D eigenvalue weighted by Crippen LogP contribution is 2.39. The molecular formula is C24H17Cl4NO7. The molecule has 3 aromatic rings. The zero-order chi connectivity index (χ0) is 26.4. The zero-order valence-electron chi connectivity index (χ0n) is 18.2. The van der Waals surface area contributed by atoms with Crippen molar-refractivity contribution < 1.29 is 34.1 Å². The Labute approximate surface area is 225 Å². The SMILES string of the molecule is O=C(O)CNC(=O)OCCc1cc(Cl)c(Oc2ccc(O)c(C(=O)c3ccc(Cl)cc3Cl)c2)c(Cl)c1. The maximum Gasteiger partial charge on any atom is 0.407 e. The van der Waals surface area contributed by atoms with E-state index >= 15 is 0 Å². The minimum absolute atomic E-state index is 0.0466. The summed E-state index contributed by atoms with van der Waals surface area (Å²) in [5.74, 6) is -1.73. The molecule has 0 aliphatic carbocycles. The quantitative estimate of drug-likeness (QED) is 0.254. The molecule has 0 heterocycles. The smallest absolute Gasteiger partial charge is 0.407 e. The van der Waals surface area contributed by atoms with Crippen molar-refractivity contribution in [2.45, 2.75) is 6.42 Å². The lowest BCUT2D eigenvalue weighted by Crippen LogP contribution is -2.30. The highest BCUT2D eigenvalue weighted by molar-refractivity contribution is 6.38. The van der Waals surface area contributed by atoms with E-state index < -0.39 is 24.4 Å². The summed E-state index contributed by atoms with van der Waals surface area (Å²) in [6, 6.07) is 11.5. The average Bonchev–Trinajstić information content (AvgIpc) is 2.80. The van der Waals surface area contributed by atoms with Crippen LogP contribution in [0.1, 0.15) is 21.5 Å². The van der Waals surface area contributed by atoms with Crippen LogP contribution < -0.4 is 10.1 Å². The van der Waals surface area contributed by atoms with Gasteiger partial charge < -0.3 is 25.0 Å². The first kappa shape index (κ1) is 27.4. The van der Waals surface area contributed by atoms with Gasteiger partial charge in [0.15, 0.2) is 11.5 Å². The van der Waals surface area contributed by atoms with Crippen molar-refractivity contribution in [1.29, 1.82) is 0 Å². The van der Waals surface area contributed by atoms with Crippen LogP contribution in [0.2, 0.25) is 20.1 Å². The molecule has 0 spiro atoms. The number of phenolic OH excluding ortho intramolecular Hbond substituents is 1. The molecule has 0 saturated carbocycles. The number of rotatable bonds is 9. The molecule has 0 aliphatic heterocycles. The monoisotopic (exact) mass is 571 g/mol. The third-order valence-electron chi connectivity index (χ3n) is 4.67. The van der Waals surface area contributed by atoms with Gasteiger partial charge in [0.2, 0.25) is 0 Å². The molecule has 8 nitrogen and oxygen atoms in total. The Morgan fingerprint density at radius 2 is 1.56 bits per heavy atom. The fourth-order valence-electron chi connectivity index (χ4n) is 3.01. The van der Waals surface area contributed by atoms with Crippen molar-refractivity contribution in [1.82, 2.24) is 5.32 Å². The van der Waals surface area contributed by atoms with Crippen LogP contribution in [0.3, 0.4) is 0 Å². The molecule has 0 radical (unpaired) electrons. The predicted molar refractivity (Wildman–Crippen MR) is 135 cm³/mol. The summed E-state index contributed by atoms with van der Waals surface area (Å²) in [4.78, 5) is 34.8. The molecule has 36 heavy (non-hydrogen) atoms. The van der Waals surface area contributed by atoms with Gasteiger partial charge >= 0.3 is 12.1 Å². The van der Waals surface area contributed by atoms with E-state index in [4.69, 9.17) is 61.0 Å². The third-order valence-corrected chi connectivity index (χ3v) is 5.78. The number of nitrogens with one attached hydrogen (secondary N) is 1. The van der Waals surface area contributed by atoms with E-state index in [1.165, 1.54) is 36.4 Å². The third kappa shape index (κ3) is 7.18. The first-order chi connectivity index (χ1) is 17.0. The molecular weight excluding hydrogens is 556 g/mol. The Balaban J connectivity index is 1.73. The number of aliphatic carboxylic acids is 1. The van der Waals surface area contributed by atoms with Gasteiger partial charge in [-0.15, -0.1) is 0 Å². The van der Waals surface area contributed by atoms with Crippen LogP contribution in [0.25, 0.3) is 0 Å². The minimum Gasteiger partial charge on any atom is -0.507 e. The molecule has 12 heteroatoms. The normalized spacial score (nSPS) is 10.6. The number of ketones is 1. The number of halogens is 4. The lowest BCUT2D eigenvalue weighted by atomic mass is 10.0. The Kier molecular flexibility index (Phi) is 9.28. The summed E-state index contributed by atoms with van der Waals surface area (Å²) < 4.78 is 10.7. The highest BCUT2D eigenvalue weighted by atomic mass is 35.5. The number of ether oxygens (including phenoxy) is 2. The number of phenols is 1. The maximum absolute atomic E-state index is 12.9. The summed E-state index contributed by atoms with van der Waals surface area (Å²) in [5.41, 5.74) is 0.717. The zero-order valence-corrected chi connectivity index (χ0v) is 21.2. The van der Waals surface area contributed by atoms with E-state index in [0.717, 1.165) is 0 Å². The number of aromatic hydroxyl groups is 1. The molecule has 0 atom stereocenters. The van der Waals surface area contributed by atoms with Crippen LogP contribution >= 0.6 is 46.4 Å². The van der Waals surface area contributed by atoms with Crippen molar-refractivity contribution in [2.75, 3.05) is 13.2 Å². The number of carbonyl (C=O) groups is 3. The van der Waals surface area contributed by atoms with E-state index in [9.17, 15) is 19.5 Å². The average molecular weight is 573 g/mol. The lowest BCUT2D eigenvalue weighted by molar-refractivity contribution is -0.135. The first-order valence-electron chi connectivity index (χ1n) is 10.2. The van der Waals surface area contributed by atoms with E-state index in [-0.39, 0.29) is 56.5 Å². The topological polar surface area (TPSA) is 122 Å². The number of hydrogen-bond acceptors (Lipinski definition) is 6. The van der Waals surface area contributed by atoms with Crippen molar-refractivity contribution >= 4 is 64.2 Å².